The van der Waals surface area contributed by atoms with Gasteiger partial charge in [0.25, 0.3) is 11.5 Å². The number of pyridine rings is 1. The minimum Gasteiger partial charge on any atom is -0.486 e. The Hall–Kier alpha value is -3.35. The Balaban J connectivity index is 1.65. The molecule has 0 saturated heterocycles. The molecule has 3 aromatic rings. The summed E-state index contributed by atoms with van der Waals surface area (Å²) < 4.78 is 12.6. The summed E-state index contributed by atoms with van der Waals surface area (Å²) >= 11 is 0. The number of carbonyl (C=O) groups is 1. The van der Waals surface area contributed by atoms with E-state index in [2.05, 4.69) is 10.3 Å². The van der Waals surface area contributed by atoms with Crippen LogP contribution in [0.4, 0.5) is 0 Å². The number of ether oxygens (including phenoxy) is 2. The number of hydrogen-bond acceptors (Lipinski definition) is 5. The van der Waals surface area contributed by atoms with Crippen LogP contribution < -0.4 is 20.3 Å². The standard InChI is InChI=1S/C21H21N3O4/c1-13(2)19(14-6-7-16-17(11-14)28-10-9-27-16)23-20(25)15-12-22-18-5-3-4-8-24(18)21(15)26/h3-8,11-13,19H,9-10H2,1-2H3,(H,23,25). The van der Waals surface area contributed by atoms with Crippen LogP contribution in [-0.2, 0) is 0 Å². The van der Waals surface area contributed by atoms with Crippen LogP contribution in [0.5, 0.6) is 11.5 Å². The second-order valence-electron chi connectivity index (χ2n) is 7.00. The highest BCUT2D eigenvalue weighted by Gasteiger charge is 2.23. The smallest absolute Gasteiger partial charge is 0.270 e. The van der Waals surface area contributed by atoms with Crippen molar-refractivity contribution in [1.29, 1.82) is 0 Å². The molecule has 1 aromatic carbocycles. The van der Waals surface area contributed by atoms with Crippen molar-refractivity contribution in [2.75, 3.05) is 13.2 Å². The van der Waals surface area contributed by atoms with Crippen LogP contribution >= 0.6 is 0 Å². The van der Waals surface area contributed by atoms with Gasteiger partial charge in [-0.3, -0.25) is 14.0 Å². The molecule has 0 radical (unpaired) electrons. The van der Waals surface area contributed by atoms with Crippen molar-refractivity contribution in [1.82, 2.24) is 14.7 Å². The number of aromatic nitrogens is 2. The second kappa shape index (κ2) is 7.34. The topological polar surface area (TPSA) is 81.9 Å². The van der Waals surface area contributed by atoms with E-state index in [4.69, 9.17) is 9.47 Å². The Morgan fingerprint density at radius 1 is 1.14 bits per heavy atom. The molecule has 1 N–H and O–H groups in total. The summed E-state index contributed by atoms with van der Waals surface area (Å²) in [5.41, 5.74) is 0.998. The Labute approximate surface area is 161 Å². The van der Waals surface area contributed by atoms with E-state index < -0.39 is 11.5 Å². The molecule has 1 atom stereocenters. The van der Waals surface area contributed by atoms with Crippen molar-refractivity contribution in [2.24, 2.45) is 5.92 Å². The first-order valence-corrected chi connectivity index (χ1v) is 9.21. The molecule has 1 aliphatic heterocycles. The van der Waals surface area contributed by atoms with E-state index in [0.717, 1.165) is 5.56 Å². The van der Waals surface area contributed by atoms with Crippen LogP contribution in [0.3, 0.4) is 0 Å². The van der Waals surface area contributed by atoms with Crippen LogP contribution in [0, 0.1) is 5.92 Å². The average Bonchev–Trinajstić information content (AvgIpc) is 2.71. The molecule has 0 aliphatic carbocycles. The summed E-state index contributed by atoms with van der Waals surface area (Å²) in [7, 11) is 0. The Morgan fingerprint density at radius 2 is 1.93 bits per heavy atom. The largest absolute Gasteiger partial charge is 0.486 e. The molecule has 1 aliphatic rings. The lowest BCUT2D eigenvalue weighted by atomic mass is 9.95. The number of benzene rings is 1. The van der Waals surface area contributed by atoms with Crippen molar-refractivity contribution in [3.05, 3.63) is 70.3 Å². The maximum atomic E-state index is 12.9. The fourth-order valence-electron chi connectivity index (χ4n) is 3.29. The summed E-state index contributed by atoms with van der Waals surface area (Å²) in [5, 5.41) is 2.97. The number of fused-ring (bicyclic) bond motifs is 2. The molecule has 0 spiro atoms. The van der Waals surface area contributed by atoms with E-state index in [1.54, 1.807) is 24.4 Å². The maximum Gasteiger partial charge on any atom is 0.270 e. The molecule has 2 aromatic heterocycles. The average molecular weight is 379 g/mol. The Morgan fingerprint density at radius 3 is 2.71 bits per heavy atom. The third-order valence-electron chi connectivity index (χ3n) is 4.74. The zero-order valence-corrected chi connectivity index (χ0v) is 15.7. The highest BCUT2D eigenvalue weighted by molar-refractivity contribution is 5.94. The zero-order chi connectivity index (χ0) is 19.7. The molecular formula is C21H21N3O4. The van der Waals surface area contributed by atoms with Gasteiger partial charge in [-0.25, -0.2) is 4.98 Å². The van der Waals surface area contributed by atoms with Gasteiger partial charge in [0.15, 0.2) is 11.5 Å². The molecule has 28 heavy (non-hydrogen) atoms. The van der Waals surface area contributed by atoms with Gasteiger partial charge in [-0.1, -0.05) is 26.0 Å². The quantitative estimate of drug-likeness (QED) is 0.754. The zero-order valence-electron chi connectivity index (χ0n) is 15.7. The number of carbonyl (C=O) groups excluding carboxylic acids is 1. The molecule has 7 nitrogen and oxygen atoms in total. The van der Waals surface area contributed by atoms with Gasteiger partial charge in [0.05, 0.1) is 6.04 Å². The van der Waals surface area contributed by atoms with Gasteiger partial charge in [-0.15, -0.1) is 0 Å². The molecule has 0 saturated carbocycles. The van der Waals surface area contributed by atoms with E-state index in [1.165, 1.54) is 10.6 Å². The molecule has 7 heteroatoms. The molecule has 0 fully saturated rings. The van der Waals surface area contributed by atoms with Gasteiger partial charge in [-0.05, 0) is 35.7 Å². The minimum absolute atomic E-state index is 0.00638. The van der Waals surface area contributed by atoms with Crippen LogP contribution in [0.15, 0.2) is 53.6 Å². The number of nitrogens with zero attached hydrogens (tertiary/aromatic N) is 2. The monoisotopic (exact) mass is 379 g/mol. The first-order chi connectivity index (χ1) is 13.5. The predicted octanol–water partition coefficient (Wildman–Crippen LogP) is 2.59. The third kappa shape index (κ3) is 3.31. The van der Waals surface area contributed by atoms with Gasteiger partial charge in [-0.2, -0.15) is 0 Å². The van der Waals surface area contributed by atoms with Gasteiger partial charge < -0.3 is 14.8 Å². The van der Waals surface area contributed by atoms with E-state index >= 15 is 0 Å². The lowest BCUT2D eigenvalue weighted by Gasteiger charge is -2.25. The fraction of sp³-hybridized carbons (Fsp3) is 0.286. The molecule has 1 amide bonds. The summed E-state index contributed by atoms with van der Waals surface area (Å²) in [4.78, 5) is 29.8. The van der Waals surface area contributed by atoms with Gasteiger partial charge >= 0.3 is 0 Å². The van der Waals surface area contributed by atoms with Crippen molar-refractivity contribution in [3.63, 3.8) is 0 Å². The van der Waals surface area contributed by atoms with Crippen molar-refractivity contribution in [2.45, 2.75) is 19.9 Å². The number of rotatable bonds is 4. The number of hydrogen-bond donors (Lipinski definition) is 1. The third-order valence-corrected chi connectivity index (χ3v) is 4.74. The molecule has 144 valence electrons. The maximum absolute atomic E-state index is 12.9. The van der Waals surface area contributed by atoms with E-state index in [0.29, 0.717) is 30.4 Å². The minimum atomic E-state index is -0.454. The van der Waals surface area contributed by atoms with E-state index in [9.17, 15) is 9.59 Å². The Bertz CT molecular complexity index is 1090. The summed E-state index contributed by atoms with van der Waals surface area (Å²) in [6, 6.07) is 10.6. The van der Waals surface area contributed by atoms with Crippen LogP contribution in [0.25, 0.3) is 5.65 Å². The molecule has 3 heterocycles. The molecule has 4 rings (SSSR count). The van der Waals surface area contributed by atoms with Gasteiger partial charge in [0.1, 0.15) is 24.4 Å². The number of amides is 1. The van der Waals surface area contributed by atoms with Crippen LogP contribution in [0.1, 0.15) is 35.8 Å². The molecular weight excluding hydrogens is 358 g/mol. The van der Waals surface area contributed by atoms with Gasteiger partial charge in [0.2, 0.25) is 0 Å². The highest BCUT2D eigenvalue weighted by atomic mass is 16.6. The van der Waals surface area contributed by atoms with Gasteiger partial charge in [0, 0.05) is 12.4 Å². The molecule has 0 bridgehead atoms. The van der Waals surface area contributed by atoms with Crippen molar-refractivity contribution >= 4 is 11.6 Å². The predicted molar refractivity (Wildman–Crippen MR) is 104 cm³/mol. The first kappa shape index (κ1) is 18.0. The fourth-order valence-corrected chi connectivity index (χ4v) is 3.29. The normalized spacial score (nSPS) is 14.1. The Kier molecular flexibility index (Phi) is 4.73. The van der Waals surface area contributed by atoms with Crippen molar-refractivity contribution < 1.29 is 14.3 Å². The first-order valence-electron chi connectivity index (χ1n) is 9.21. The lowest BCUT2D eigenvalue weighted by Crippen LogP contribution is -2.36. The number of nitrogens with one attached hydrogen (secondary N) is 1. The highest BCUT2D eigenvalue weighted by Crippen LogP contribution is 2.34. The van der Waals surface area contributed by atoms with E-state index in [1.807, 2.05) is 32.0 Å². The second-order valence-corrected chi connectivity index (χ2v) is 7.00. The van der Waals surface area contributed by atoms with Crippen LogP contribution in [-0.4, -0.2) is 28.5 Å². The van der Waals surface area contributed by atoms with Crippen molar-refractivity contribution in [3.8, 4) is 11.5 Å². The molecule has 1 unspecified atom stereocenters. The summed E-state index contributed by atoms with van der Waals surface area (Å²) in [5.74, 6) is 1.00. The SMILES string of the molecule is CC(C)C(NC(=O)c1cnc2ccccn2c1=O)c1ccc2c(c1)OCCO2. The van der Waals surface area contributed by atoms with E-state index in [-0.39, 0.29) is 17.5 Å². The summed E-state index contributed by atoms with van der Waals surface area (Å²) in [6.45, 7) is 5.03. The summed E-state index contributed by atoms with van der Waals surface area (Å²) in [6.07, 6.45) is 2.93. The van der Waals surface area contributed by atoms with Crippen LogP contribution in [0.2, 0.25) is 0 Å². The lowest BCUT2D eigenvalue weighted by molar-refractivity contribution is 0.0923.